The zero-order chi connectivity index (χ0) is 18.0. The summed E-state index contributed by atoms with van der Waals surface area (Å²) in [5.74, 6) is 0.212. The Morgan fingerprint density at radius 2 is 1.84 bits per heavy atom. The normalized spacial score (nSPS) is 18.0. The molecule has 1 saturated heterocycles. The van der Waals surface area contributed by atoms with Crippen molar-refractivity contribution >= 4 is 46.2 Å². The van der Waals surface area contributed by atoms with Gasteiger partial charge in [-0.3, -0.25) is 4.79 Å². The first-order chi connectivity index (χ1) is 11.8. The van der Waals surface area contributed by atoms with E-state index >= 15 is 0 Å². The SMILES string of the molecule is O=C1NC(=Nc2cccc(C(F)(F)F)c2)/C(=C/c2ccc(Cl)cc2)S1. The van der Waals surface area contributed by atoms with Crippen LogP contribution in [0.1, 0.15) is 11.1 Å². The molecule has 1 aliphatic rings. The van der Waals surface area contributed by atoms with E-state index in [1.54, 1.807) is 30.3 Å². The number of carbonyl (C=O) groups is 1. The van der Waals surface area contributed by atoms with Crippen LogP contribution in [0, 0.1) is 0 Å². The van der Waals surface area contributed by atoms with E-state index in [0.717, 1.165) is 29.5 Å². The third kappa shape index (κ3) is 4.43. The Kier molecular flexibility index (Phi) is 4.87. The molecule has 0 unspecified atom stereocenters. The smallest absolute Gasteiger partial charge is 0.300 e. The Morgan fingerprint density at radius 3 is 2.52 bits per heavy atom. The first-order valence-corrected chi connectivity index (χ1v) is 8.23. The van der Waals surface area contributed by atoms with Gasteiger partial charge in [-0.1, -0.05) is 29.8 Å². The van der Waals surface area contributed by atoms with Crippen LogP contribution < -0.4 is 5.32 Å². The van der Waals surface area contributed by atoms with Crippen LogP contribution in [0.15, 0.2) is 58.4 Å². The first-order valence-electron chi connectivity index (χ1n) is 7.04. The number of nitrogens with one attached hydrogen (secondary N) is 1. The van der Waals surface area contributed by atoms with Crippen LogP contribution in [-0.4, -0.2) is 11.1 Å². The fourth-order valence-corrected chi connectivity index (χ4v) is 2.97. The molecule has 1 N–H and O–H groups in total. The molecule has 2 aromatic carbocycles. The summed E-state index contributed by atoms with van der Waals surface area (Å²) in [6.07, 6.45) is -2.74. The Morgan fingerprint density at radius 1 is 1.12 bits per heavy atom. The van der Waals surface area contributed by atoms with Gasteiger partial charge in [0.1, 0.15) is 5.84 Å². The molecule has 0 aromatic heterocycles. The van der Waals surface area contributed by atoms with Crippen molar-refractivity contribution in [2.45, 2.75) is 6.18 Å². The fraction of sp³-hybridized carbons (Fsp3) is 0.0588. The van der Waals surface area contributed by atoms with Gasteiger partial charge in [-0.05, 0) is 53.7 Å². The number of halogens is 4. The number of aliphatic imine (C=N–C) groups is 1. The molecule has 25 heavy (non-hydrogen) atoms. The fourth-order valence-electron chi connectivity index (χ4n) is 2.10. The molecule has 128 valence electrons. The number of rotatable bonds is 2. The summed E-state index contributed by atoms with van der Waals surface area (Å²) in [6, 6.07) is 11.5. The van der Waals surface area contributed by atoms with E-state index in [0.29, 0.717) is 9.93 Å². The van der Waals surface area contributed by atoms with Crippen LogP contribution in [0.3, 0.4) is 0 Å². The average Bonchev–Trinajstić information content (AvgIpc) is 2.88. The lowest BCUT2D eigenvalue weighted by molar-refractivity contribution is -0.137. The number of benzene rings is 2. The van der Waals surface area contributed by atoms with Gasteiger partial charge in [0.25, 0.3) is 5.24 Å². The second kappa shape index (κ2) is 6.93. The number of nitrogens with zero attached hydrogens (tertiary/aromatic N) is 1. The molecule has 3 nitrogen and oxygen atoms in total. The third-order valence-corrected chi connectivity index (χ3v) is 4.31. The topological polar surface area (TPSA) is 41.5 Å². The van der Waals surface area contributed by atoms with Gasteiger partial charge in [-0.25, -0.2) is 4.99 Å². The van der Waals surface area contributed by atoms with Crippen LogP contribution in [0.25, 0.3) is 6.08 Å². The van der Waals surface area contributed by atoms with Gasteiger partial charge in [-0.15, -0.1) is 0 Å². The van der Waals surface area contributed by atoms with Crippen LogP contribution in [0.5, 0.6) is 0 Å². The Labute approximate surface area is 150 Å². The maximum Gasteiger partial charge on any atom is 0.416 e. The Hall–Kier alpha value is -2.25. The van der Waals surface area contributed by atoms with Gasteiger partial charge in [-0.2, -0.15) is 13.2 Å². The third-order valence-electron chi connectivity index (χ3n) is 3.24. The zero-order valence-corrected chi connectivity index (χ0v) is 14.0. The second-order valence-electron chi connectivity index (χ2n) is 5.08. The van der Waals surface area contributed by atoms with Crippen molar-refractivity contribution in [2.75, 3.05) is 0 Å². The van der Waals surface area contributed by atoms with Crippen LogP contribution in [0.2, 0.25) is 5.02 Å². The highest BCUT2D eigenvalue weighted by Crippen LogP contribution is 2.33. The predicted octanol–water partition coefficient (Wildman–Crippen LogP) is 5.89. The highest BCUT2D eigenvalue weighted by molar-refractivity contribution is 8.18. The largest absolute Gasteiger partial charge is 0.416 e. The highest BCUT2D eigenvalue weighted by atomic mass is 35.5. The zero-order valence-electron chi connectivity index (χ0n) is 12.5. The summed E-state index contributed by atoms with van der Waals surface area (Å²) in [7, 11) is 0. The van der Waals surface area contributed by atoms with E-state index in [9.17, 15) is 18.0 Å². The lowest BCUT2D eigenvalue weighted by Crippen LogP contribution is -2.18. The van der Waals surface area contributed by atoms with Crippen molar-refractivity contribution < 1.29 is 18.0 Å². The molecule has 1 amide bonds. The number of alkyl halides is 3. The quantitative estimate of drug-likeness (QED) is 0.704. The molecule has 3 rings (SSSR count). The predicted molar refractivity (Wildman–Crippen MR) is 94.1 cm³/mol. The monoisotopic (exact) mass is 382 g/mol. The minimum atomic E-state index is -4.45. The van der Waals surface area contributed by atoms with E-state index in [-0.39, 0.29) is 16.8 Å². The summed E-state index contributed by atoms with van der Waals surface area (Å²) in [5, 5.41) is 2.78. The molecule has 0 saturated carbocycles. The first kappa shape index (κ1) is 17.6. The molecule has 0 spiro atoms. The number of thioether (sulfide) groups is 1. The molecule has 0 aliphatic carbocycles. The Balaban J connectivity index is 1.95. The van der Waals surface area contributed by atoms with Gasteiger partial charge in [0.05, 0.1) is 16.2 Å². The highest BCUT2D eigenvalue weighted by Gasteiger charge is 2.30. The molecule has 0 bridgehead atoms. The number of amides is 1. The molecule has 1 aliphatic heterocycles. The summed E-state index contributed by atoms with van der Waals surface area (Å²) in [5.41, 5.74) is 0.101. The van der Waals surface area contributed by atoms with Crippen LogP contribution >= 0.6 is 23.4 Å². The molecule has 8 heteroatoms. The van der Waals surface area contributed by atoms with Gasteiger partial charge in [0.15, 0.2) is 0 Å². The van der Waals surface area contributed by atoms with Crippen molar-refractivity contribution in [3.05, 3.63) is 69.6 Å². The van der Waals surface area contributed by atoms with Gasteiger partial charge in [0, 0.05) is 5.02 Å². The van der Waals surface area contributed by atoms with Gasteiger partial charge >= 0.3 is 6.18 Å². The number of amidine groups is 1. The summed E-state index contributed by atoms with van der Waals surface area (Å²) in [6.45, 7) is 0. The van der Waals surface area contributed by atoms with Crippen molar-refractivity contribution in [1.29, 1.82) is 0 Å². The maximum absolute atomic E-state index is 12.8. The van der Waals surface area contributed by atoms with Crippen molar-refractivity contribution in [3.8, 4) is 0 Å². The standard InChI is InChI=1S/C17H10ClF3N2OS/c18-12-6-4-10(5-7-12)8-14-15(23-16(24)25-14)22-13-3-1-2-11(9-13)17(19,20)21/h1-9H,(H,22,23,24)/b14-8-. The van der Waals surface area contributed by atoms with Gasteiger partial charge in [0.2, 0.25) is 0 Å². The lowest BCUT2D eigenvalue weighted by Gasteiger charge is -2.07. The number of carbonyl (C=O) groups excluding carboxylic acids is 1. The minimum absolute atomic E-state index is 0.106. The lowest BCUT2D eigenvalue weighted by atomic mass is 10.2. The van der Waals surface area contributed by atoms with E-state index in [1.165, 1.54) is 12.1 Å². The molecular weight excluding hydrogens is 373 g/mol. The average molecular weight is 383 g/mol. The summed E-state index contributed by atoms with van der Waals surface area (Å²) in [4.78, 5) is 16.3. The van der Waals surface area contributed by atoms with E-state index in [1.807, 2.05) is 0 Å². The summed E-state index contributed by atoms with van der Waals surface area (Å²) < 4.78 is 38.4. The molecular formula is C17H10ClF3N2OS. The molecule has 1 fully saturated rings. The molecule has 0 radical (unpaired) electrons. The van der Waals surface area contributed by atoms with Gasteiger partial charge < -0.3 is 5.32 Å². The molecule has 0 atom stereocenters. The van der Waals surface area contributed by atoms with Crippen LogP contribution in [0.4, 0.5) is 23.7 Å². The van der Waals surface area contributed by atoms with Crippen molar-refractivity contribution in [3.63, 3.8) is 0 Å². The minimum Gasteiger partial charge on any atom is -0.300 e. The molecule has 2 aromatic rings. The van der Waals surface area contributed by atoms with E-state index in [2.05, 4.69) is 10.3 Å². The number of hydrogen-bond donors (Lipinski definition) is 1. The maximum atomic E-state index is 12.8. The Bertz CT molecular complexity index is 876. The van der Waals surface area contributed by atoms with Crippen LogP contribution in [-0.2, 0) is 6.18 Å². The summed E-state index contributed by atoms with van der Waals surface area (Å²) >= 11 is 6.76. The second-order valence-corrected chi connectivity index (χ2v) is 6.53. The van der Waals surface area contributed by atoms with Crippen molar-refractivity contribution in [2.24, 2.45) is 4.99 Å². The van der Waals surface area contributed by atoms with E-state index < -0.39 is 11.7 Å². The van der Waals surface area contributed by atoms with Crippen molar-refractivity contribution in [1.82, 2.24) is 5.32 Å². The number of hydrogen-bond acceptors (Lipinski definition) is 3. The molecule has 1 heterocycles. The van der Waals surface area contributed by atoms with E-state index in [4.69, 9.17) is 11.6 Å².